The zero-order valence-electron chi connectivity index (χ0n) is 16.5. The molecule has 30 heavy (non-hydrogen) atoms. The summed E-state index contributed by atoms with van der Waals surface area (Å²) in [6.07, 6.45) is 5.73. The van der Waals surface area contributed by atoms with Crippen molar-refractivity contribution in [3.05, 3.63) is 77.9 Å². The van der Waals surface area contributed by atoms with Crippen LogP contribution >= 0.6 is 24.8 Å². The van der Waals surface area contributed by atoms with Gasteiger partial charge in [0, 0.05) is 31.0 Å². The highest BCUT2D eigenvalue weighted by Gasteiger charge is 2.10. The van der Waals surface area contributed by atoms with Gasteiger partial charge in [-0.1, -0.05) is 12.1 Å². The van der Waals surface area contributed by atoms with E-state index in [1.54, 1.807) is 18.3 Å². The van der Waals surface area contributed by atoms with Gasteiger partial charge >= 0.3 is 0 Å². The quantitative estimate of drug-likeness (QED) is 0.500. The summed E-state index contributed by atoms with van der Waals surface area (Å²) in [4.78, 5) is 4.29. The average Bonchev–Trinajstić information content (AvgIpc) is 2.74. The Morgan fingerprint density at radius 1 is 1.00 bits per heavy atom. The van der Waals surface area contributed by atoms with Crippen molar-refractivity contribution in [3.8, 4) is 22.6 Å². The number of nitrogens with one attached hydrogen (secondary N) is 1. The summed E-state index contributed by atoms with van der Waals surface area (Å²) in [6, 6.07) is 14.5. The second-order valence-corrected chi connectivity index (χ2v) is 6.84. The fourth-order valence-corrected chi connectivity index (χ4v) is 3.28. The van der Waals surface area contributed by atoms with Crippen LogP contribution in [-0.2, 0) is 13.0 Å². The SMILES string of the molecule is Cl.Cl.Fc1ccc(-c2cncc(CNCCOc3ccc4c(c3)CCCO4)c2)cc1. The maximum atomic E-state index is 13.1. The van der Waals surface area contributed by atoms with E-state index >= 15 is 0 Å². The van der Waals surface area contributed by atoms with E-state index < -0.39 is 0 Å². The summed E-state index contributed by atoms with van der Waals surface area (Å²) in [5.41, 5.74) is 4.23. The van der Waals surface area contributed by atoms with E-state index in [9.17, 15) is 4.39 Å². The molecular formula is C23H25Cl2FN2O2. The molecule has 0 atom stereocenters. The topological polar surface area (TPSA) is 43.4 Å². The molecule has 2 aromatic carbocycles. The van der Waals surface area contributed by atoms with E-state index in [1.165, 1.54) is 17.7 Å². The molecule has 2 heterocycles. The normalized spacial score (nSPS) is 12.0. The second kappa shape index (κ2) is 11.7. The summed E-state index contributed by atoms with van der Waals surface area (Å²) in [5, 5.41) is 3.37. The van der Waals surface area contributed by atoms with Gasteiger partial charge in [-0.15, -0.1) is 24.8 Å². The highest BCUT2D eigenvalue weighted by atomic mass is 35.5. The second-order valence-electron chi connectivity index (χ2n) is 6.84. The van der Waals surface area contributed by atoms with E-state index in [0.29, 0.717) is 13.2 Å². The number of rotatable bonds is 7. The number of benzene rings is 2. The zero-order chi connectivity index (χ0) is 19.2. The minimum Gasteiger partial charge on any atom is -0.493 e. The lowest BCUT2D eigenvalue weighted by molar-refractivity contribution is 0.284. The van der Waals surface area contributed by atoms with Crippen molar-refractivity contribution >= 4 is 24.8 Å². The van der Waals surface area contributed by atoms with E-state index in [-0.39, 0.29) is 30.6 Å². The van der Waals surface area contributed by atoms with Crippen LogP contribution < -0.4 is 14.8 Å². The molecule has 0 amide bonds. The smallest absolute Gasteiger partial charge is 0.123 e. The van der Waals surface area contributed by atoms with Gasteiger partial charge < -0.3 is 14.8 Å². The minimum absolute atomic E-state index is 0. The fraction of sp³-hybridized carbons (Fsp3) is 0.261. The average molecular weight is 451 g/mol. The molecule has 0 fully saturated rings. The van der Waals surface area contributed by atoms with E-state index in [0.717, 1.165) is 54.2 Å². The van der Waals surface area contributed by atoms with Crippen LogP contribution in [0.5, 0.6) is 11.5 Å². The zero-order valence-corrected chi connectivity index (χ0v) is 18.1. The first-order valence-electron chi connectivity index (χ1n) is 9.57. The van der Waals surface area contributed by atoms with Crippen molar-refractivity contribution in [1.82, 2.24) is 10.3 Å². The number of hydrogen-bond donors (Lipinski definition) is 1. The lowest BCUT2D eigenvalue weighted by atomic mass is 10.1. The van der Waals surface area contributed by atoms with Crippen LogP contribution in [0.4, 0.5) is 4.39 Å². The molecule has 4 nitrogen and oxygen atoms in total. The molecule has 1 aromatic heterocycles. The van der Waals surface area contributed by atoms with E-state index in [4.69, 9.17) is 9.47 Å². The highest BCUT2D eigenvalue weighted by Crippen LogP contribution is 2.28. The Morgan fingerprint density at radius 3 is 2.67 bits per heavy atom. The largest absolute Gasteiger partial charge is 0.493 e. The molecule has 7 heteroatoms. The maximum Gasteiger partial charge on any atom is 0.123 e. The Labute approximate surface area is 188 Å². The van der Waals surface area contributed by atoms with Gasteiger partial charge in [0.15, 0.2) is 0 Å². The molecule has 1 N–H and O–H groups in total. The highest BCUT2D eigenvalue weighted by molar-refractivity contribution is 5.85. The third-order valence-corrected chi connectivity index (χ3v) is 4.73. The van der Waals surface area contributed by atoms with Crippen LogP contribution in [0.25, 0.3) is 11.1 Å². The van der Waals surface area contributed by atoms with E-state index in [2.05, 4.69) is 22.4 Å². The van der Waals surface area contributed by atoms with Gasteiger partial charge in [0.1, 0.15) is 23.9 Å². The number of ether oxygens (including phenoxy) is 2. The summed E-state index contributed by atoms with van der Waals surface area (Å²) < 4.78 is 24.6. The van der Waals surface area contributed by atoms with Crippen LogP contribution in [0.15, 0.2) is 60.9 Å². The number of nitrogens with zero attached hydrogens (tertiary/aromatic N) is 1. The Morgan fingerprint density at radius 2 is 1.83 bits per heavy atom. The lowest BCUT2D eigenvalue weighted by Crippen LogP contribution is -2.20. The number of fused-ring (bicyclic) bond motifs is 1. The Hall–Kier alpha value is -2.34. The molecule has 0 radical (unpaired) electrons. The summed E-state index contributed by atoms with van der Waals surface area (Å²) in [7, 11) is 0. The number of hydrogen-bond acceptors (Lipinski definition) is 4. The number of aromatic nitrogens is 1. The van der Waals surface area contributed by atoms with Crippen molar-refractivity contribution in [2.75, 3.05) is 19.8 Å². The first-order chi connectivity index (χ1) is 13.8. The fourth-order valence-electron chi connectivity index (χ4n) is 3.28. The molecule has 4 rings (SSSR count). The monoisotopic (exact) mass is 450 g/mol. The van der Waals surface area contributed by atoms with Crippen LogP contribution in [0, 0.1) is 5.82 Å². The van der Waals surface area contributed by atoms with Crippen LogP contribution in [0.1, 0.15) is 17.5 Å². The van der Waals surface area contributed by atoms with Gasteiger partial charge in [0.25, 0.3) is 0 Å². The van der Waals surface area contributed by atoms with Crippen molar-refractivity contribution in [2.45, 2.75) is 19.4 Å². The minimum atomic E-state index is -0.235. The summed E-state index contributed by atoms with van der Waals surface area (Å²) in [5.74, 6) is 1.62. The molecule has 0 unspecified atom stereocenters. The van der Waals surface area contributed by atoms with Gasteiger partial charge in [0.2, 0.25) is 0 Å². The Bertz CT molecular complexity index is 939. The predicted molar refractivity (Wildman–Crippen MR) is 122 cm³/mol. The molecule has 1 aliphatic heterocycles. The van der Waals surface area contributed by atoms with Crippen molar-refractivity contribution in [2.24, 2.45) is 0 Å². The first-order valence-corrected chi connectivity index (χ1v) is 9.57. The molecule has 160 valence electrons. The van der Waals surface area contributed by atoms with Crippen LogP contribution in [0.2, 0.25) is 0 Å². The van der Waals surface area contributed by atoms with Crippen molar-refractivity contribution in [3.63, 3.8) is 0 Å². The number of pyridine rings is 1. The molecule has 0 bridgehead atoms. The summed E-state index contributed by atoms with van der Waals surface area (Å²) in [6.45, 7) is 2.82. The first kappa shape index (κ1) is 23.9. The molecule has 1 aliphatic rings. The van der Waals surface area contributed by atoms with Gasteiger partial charge in [-0.2, -0.15) is 0 Å². The number of aryl methyl sites for hydroxylation is 1. The van der Waals surface area contributed by atoms with Crippen LogP contribution in [0.3, 0.4) is 0 Å². The van der Waals surface area contributed by atoms with Gasteiger partial charge in [-0.05, 0) is 65.9 Å². The molecule has 0 aliphatic carbocycles. The van der Waals surface area contributed by atoms with Crippen molar-refractivity contribution in [1.29, 1.82) is 0 Å². The van der Waals surface area contributed by atoms with Crippen LogP contribution in [-0.4, -0.2) is 24.7 Å². The molecule has 0 saturated heterocycles. The third kappa shape index (κ3) is 6.33. The third-order valence-electron chi connectivity index (χ3n) is 4.73. The molecule has 0 spiro atoms. The molecule has 3 aromatic rings. The van der Waals surface area contributed by atoms with Crippen molar-refractivity contribution < 1.29 is 13.9 Å². The van der Waals surface area contributed by atoms with Gasteiger partial charge in [-0.25, -0.2) is 4.39 Å². The Balaban J connectivity index is 0.00000160. The molecule has 0 saturated carbocycles. The molecular weight excluding hydrogens is 426 g/mol. The van der Waals surface area contributed by atoms with Gasteiger partial charge in [-0.3, -0.25) is 4.98 Å². The standard InChI is InChI=1S/C23H23FN2O2.2ClH/c24-21-5-3-18(4-6-21)20-12-17(15-26-16-20)14-25-9-11-27-22-7-8-23-19(13-22)2-1-10-28-23;;/h3-8,12-13,15-16,25H,1-2,9-11,14H2;2*1H. The maximum absolute atomic E-state index is 13.1. The predicted octanol–water partition coefficient (Wildman–Crippen LogP) is 5.22. The number of halogens is 3. The van der Waals surface area contributed by atoms with E-state index in [1.807, 2.05) is 18.3 Å². The Kier molecular flexibility index (Phi) is 9.37. The summed E-state index contributed by atoms with van der Waals surface area (Å²) >= 11 is 0. The van der Waals surface area contributed by atoms with Gasteiger partial charge in [0.05, 0.1) is 6.61 Å². The lowest BCUT2D eigenvalue weighted by Gasteiger charge is -2.18.